The molecule has 8 heteroatoms. The summed E-state index contributed by atoms with van der Waals surface area (Å²) >= 11 is 8.97. The summed E-state index contributed by atoms with van der Waals surface area (Å²) in [6.45, 7) is 1.52. The number of nitrogens with zero attached hydrogens (tertiary/aromatic N) is 1. The van der Waals surface area contributed by atoms with E-state index in [0.29, 0.717) is 4.47 Å². The van der Waals surface area contributed by atoms with Crippen LogP contribution in [0.25, 0.3) is 11.3 Å². The molecule has 0 radical (unpaired) electrons. The van der Waals surface area contributed by atoms with Crippen LogP contribution in [0.3, 0.4) is 0 Å². The van der Waals surface area contributed by atoms with Crippen molar-refractivity contribution in [3.63, 3.8) is 0 Å². The molecule has 0 unspecified atom stereocenters. The summed E-state index contributed by atoms with van der Waals surface area (Å²) in [7, 11) is 1.12. The van der Waals surface area contributed by atoms with Crippen LogP contribution in [0.1, 0.15) is 16.1 Å². The summed E-state index contributed by atoms with van der Waals surface area (Å²) < 4.78 is 33.7. The lowest BCUT2D eigenvalue weighted by atomic mass is 10.1. The number of aromatic nitrogens is 1. The van der Waals surface area contributed by atoms with Crippen LogP contribution in [0, 0.1) is 18.6 Å². The summed E-state index contributed by atoms with van der Waals surface area (Å²) in [5, 5.41) is -0.373. The number of benzene rings is 1. The second-order valence-corrected chi connectivity index (χ2v) is 5.61. The van der Waals surface area contributed by atoms with E-state index in [1.54, 1.807) is 0 Å². The molecule has 1 heterocycles. The molecule has 0 saturated heterocycles. The number of anilines is 1. The molecule has 0 fully saturated rings. The molecule has 0 saturated carbocycles. The van der Waals surface area contributed by atoms with Gasteiger partial charge in [-0.1, -0.05) is 27.5 Å². The topological polar surface area (TPSA) is 65.2 Å². The van der Waals surface area contributed by atoms with Gasteiger partial charge in [-0.3, -0.25) is 0 Å². The maximum absolute atomic E-state index is 14.3. The van der Waals surface area contributed by atoms with Crippen molar-refractivity contribution in [2.75, 3.05) is 12.8 Å². The van der Waals surface area contributed by atoms with Gasteiger partial charge in [-0.05, 0) is 24.6 Å². The molecular weight excluding hydrogens is 382 g/mol. The number of hydrogen-bond acceptors (Lipinski definition) is 4. The quantitative estimate of drug-likeness (QED) is 0.782. The van der Waals surface area contributed by atoms with Crippen LogP contribution in [-0.4, -0.2) is 18.1 Å². The predicted octanol–water partition coefficient (Wildman–Crippen LogP) is 4.12. The fourth-order valence-electron chi connectivity index (χ4n) is 1.82. The zero-order valence-electron chi connectivity index (χ0n) is 11.5. The fourth-order valence-corrected chi connectivity index (χ4v) is 2.32. The van der Waals surface area contributed by atoms with Crippen molar-refractivity contribution in [2.45, 2.75) is 6.92 Å². The van der Waals surface area contributed by atoms with E-state index >= 15 is 0 Å². The van der Waals surface area contributed by atoms with Gasteiger partial charge >= 0.3 is 5.97 Å². The molecule has 0 bridgehead atoms. The van der Waals surface area contributed by atoms with Crippen molar-refractivity contribution >= 4 is 39.2 Å². The Hall–Kier alpha value is -1.73. The summed E-state index contributed by atoms with van der Waals surface area (Å²) in [5.41, 5.74) is 4.41. The van der Waals surface area contributed by atoms with Gasteiger partial charge in [0.1, 0.15) is 11.5 Å². The summed E-state index contributed by atoms with van der Waals surface area (Å²) in [5.74, 6) is -2.58. The number of nitrogen functional groups attached to an aromatic ring is 1. The van der Waals surface area contributed by atoms with Crippen LogP contribution >= 0.6 is 27.5 Å². The standard InChI is InChI=1S/C14H10BrClF2N2O2/c1-5-7(15)4-3-6(9(5)17)12-10(18)11(19)8(16)13(20-12)14(21)22-2/h3-4H,1-2H3,(H2,19,20). The molecule has 22 heavy (non-hydrogen) atoms. The number of pyridine rings is 1. The second-order valence-electron chi connectivity index (χ2n) is 4.38. The Balaban J connectivity index is 2.79. The minimum Gasteiger partial charge on any atom is -0.464 e. The van der Waals surface area contributed by atoms with Crippen molar-refractivity contribution in [1.29, 1.82) is 0 Å². The van der Waals surface area contributed by atoms with Gasteiger partial charge in [0.15, 0.2) is 11.5 Å². The van der Waals surface area contributed by atoms with E-state index in [1.165, 1.54) is 19.1 Å². The van der Waals surface area contributed by atoms with E-state index in [0.717, 1.165) is 7.11 Å². The summed E-state index contributed by atoms with van der Waals surface area (Å²) in [4.78, 5) is 15.4. The molecule has 116 valence electrons. The van der Waals surface area contributed by atoms with Gasteiger partial charge < -0.3 is 10.5 Å². The number of ether oxygens (including phenoxy) is 1. The molecule has 0 aliphatic heterocycles. The first-order chi connectivity index (χ1) is 10.3. The highest BCUT2D eigenvalue weighted by molar-refractivity contribution is 9.10. The SMILES string of the molecule is COC(=O)c1nc(-c2ccc(Br)c(C)c2F)c(F)c(N)c1Cl. The Morgan fingerprint density at radius 2 is 2.00 bits per heavy atom. The van der Waals surface area contributed by atoms with E-state index in [9.17, 15) is 13.6 Å². The van der Waals surface area contributed by atoms with Crippen molar-refractivity contribution in [3.8, 4) is 11.3 Å². The molecule has 0 aliphatic carbocycles. The number of methoxy groups -OCH3 is 1. The molecule has 1 aromatic heterocycles. The van der Waals surface area contributed by atoms with Crippen molar-refractivity contribution in [3.05, 3.63) is 44.5 Å². The van der Waals surface area contributed by atoms with Gasteiger partial charge in [0.2, 0.25) is 0 Å². The Morgan fingerprint density at radius 1 is 1.36 bits per heavy atom. The molecule has 0 spiro atoms. The Kier molecular flexibility index (Phi) is 4.67. The maximum atomic E-state index is 14.3. The third-order valence-corrected chi connectivity index (χ3v) is 4.31. The number of nitrogens with two attached hydrogens (primary N) is 1. The van der Waals surface area contributed by atoms with Crippen LogP contribution in [0.2, 0.25) is 5.02 Å². The highest BCUT2D eigenvalue weighted by atomic mass is 79.9. The first kappa shape index (κ1) is 16.6. The maximum Gasteiger partial charge on any atom is 0.358 e. The molecule has 2 N–H and O–H groups in total. The van der Waals surface area contributed by atoms with Crippen LogP contribution in [0.15, 0.2) is 16.6 Å². The molecule has 0 atom stereocenters. The van der Waals surface area contributed by atoms with Crippen molar-refractivity contribution in [1.82, 2.24) is 4.98 Å². The number of esters is 1. The normalized spacial score (nSPS) is 10.6. The first-order valence-corrected chi connectivity index (χ1v) is 7.14. The van der Waals surface area contributed by atoms with E-state index in [4.69, 9.17) is 17.3 Å². The molecule has 4 nitrogen and oxygen atoms in total. The minimum absolute atomic E-state index is 0.133. The van der Waals surface area contributed by atoms with E-state index in [1.807, 2.05) is 0 Å². The lowest BCUT2D eigenvalue weighted by Crippen LogP contribution is -2.11. The lowest BCUT2D eigenvalue weighted by Gasteiger charge is -2.12. The lowest BCUT2D eigenvalue weighted by molar-refractivity contribution is 0.0594. The van der Waals surface area contributed by atoms with Gasteiger partial charge in [-0.15, -0.1) is 0 Å². The van der Waals surface area contributed by atoms with Crippen LogP contribution in [0.5, 0.6) is 0 Å². The van der Waals surface area contributed by atoms with Crippen LogP contribution in [0.4, 0.5) is 14.5 Å². The molecule has 2 rings (SSSR count). The molecule has 0 amide bonds. The zero-order chi connectivity index (χ0) is 16.6. The average molecular weight is 392 g/mol. The fraction of sp³-hybridized carbons (Fsp3) is 0.143. The largest absolute Gasteiger partial charge is 0.464 e. The third-order valence-electron chi connectivity index (χ3n) is 3.07. The Labute approximate surface area is 138 Å². The Morgan fingerprint density at radius 3 is 2.59 bits per heavy atom. The Bertz CT molecular complexity index is 784. The van der Waals surface area contributed by atoms with E-state index in [2.05, 4.69) is 25.7 Å². The predicted molar refractivity (Wildman–Crippen MR) is 82.8 cm³/mol. The van der Waals surface area contributed by atoms with E-state index < -0.39 is 29.0 Å². The number of carbonyl (C=O) groups excluding carboxylic acids is 1. The van der Waals surface area contributed by atoms with Gasteiger partial charge in [0, 0.05) is 10.0 Å². The zero-order valence-corrected chi connectivity index (χ0v) is 13.8. The van der Waals surface area contributed by atoms with Crippen molar-refractivity contribution < 1.29 is 18.3 Å². The van der Waals surface area contributed by atoms with Crippen LogP contribution in [-0.2, 0) is 4.74 Å². The van der Waals surface area contributed by atoms with Gasteiger partial charge in [0.05, 0.1) is 17.8 Å². The summed E-state index contributed by atoms with van der Waals surface area (Å²) in [6.07, 6.45) is 0. The third kappa shape index (κ3) is 2.66. The van der Waals surface area contributed by atoms with Gasteiger partial charge in [-0.25, -0.2) is 18.6 Å². The second kappa shape index (κ2) is 6.18. The monoisotopic (exact) mass is 390 g/mol. The number of hydrogen-bond donors (Lipinski definition) is 1. The highest BCUT2D eigenvalue weighted by Gasteiger charge is 2.24. The molecular formula is C14H10BrClF2N2O2. The van der Waals surface area contributed by atoms with Gasteiger partial charge in [0.25, 0.3) is 0 Å². The number of carbonyl (C=O) groups is 1. The first-order valence-electron chi connectivity index (χ1n) is 5.97. The highest BCUT2D eigenvalue weighted by Crippen LogP contribution is 2.35. The van der Waals surface area contributed by atoms with Crippen LogP contribution < -0.4 is 5.73 Å². The van der Waals surface area contributed by atoms with Crippen molar-refractivity contribution in [2.24, 2.45) is 0 Å². The smallest absolute Gasteiger partial charge is 0.358 e. The minimum atomic E-state index is -1.00. The molecule has 2 aromatic rings. The summed E-state index contributed by atoms with van der Waals surface area (Å²) in [6, 6.07) is 2.86. The van der Waals surface area contributed by atoms with E-state index in [-0.39, 0.29) is 21.8 Å². The molecule has 1 aromatic carbocycles. The average Bonchev–Trinajstić information content (AvgIpc) is 2.51. The number of rotatable bonds is 2. The molecule has 0 aliphatic rings. The van der Waals surface area contributed by atoms with Gasteiger partial charge in [-0.2, -0.15) is 0 Å². The number of halogens is 4.